The van der Waals surface area contributed by atoms with E-state index in [4.69, 9.17) is 4.74 Å². The van der Waals surface area contributed by atoms with Gasteiger partial charge in [0.05, 0.1) is 5.69 Å². The highest BCUT2D eigenvalue weighted by Gasteiger charge is 2.43. The molecule has 102 valence electrons. The van der Waals surface area contributed by atoms with Crippen molar-refractivity contribution in [1.29, 1.82) is 0 Å². The van der Waals surface area contributed by atoms with Crippen LogP contribution in [0.3, 0.4) is 0 Å². The van der Waals surface area contributed by atoms with E-state index in [0.717, 1.165) is 43.7 Å². The lowest BCUT2D eigenvalue weighted by Crippen LogP contribution is -2.48. The molecule has 19 heavy (non-hydrogen) atoms. The lowest BCUT2D eigenvalue weighted by molar-refractivity contribution is -0.0377. The summed E-state index contributed by atoms with van der Waals surface area (Å²) < 4.78 is 5.69. The van der Waals surface area contributed by atoms with Gasteiger partial charge in [0, 0.05) is 31.5 Å². The number of piperidine rings is 1. The van der Waals surface area contributed by atoms with E-state index >= 15 is 0 Å². The molecule has 1 fully saturated rings. The average molecular weight is 260 g/mol. The number of carbonyl (C=O) groups is 1. The van der Waals surface area contributed by atoms with Gasteiger partial charge >= 0.3 is 6.09 Å². The Hall–Kier alpha value is -1.55. The fourth-order valence-corrected chi connectivity index (χ4v) is 3.18. The second kappa shape index (κ2) is 4.85. The molecule has 4 nitrogen and oxygen atoms in total. The zero-order chi connectivity index (χ0) is 13.3. The summed E-state index contributed by atoms with van der Waals surface area (Å²) in [6, 6.07) is 7.99. The molecule has 1 aromatic rings. The van der Waals surface area contributed by atoms with Gasteiger partial charge in [0.1, 0.15) is 5.60 Å². The molecule has 1 amide bonds. The molecule has 0 aliphatic carbocycles. The Labute approximate surface area is 113 Å². The standard InChI is InChI=1S/C15H20N2O2/c1-2-9-17-10-7-15(8-11-17)12-5-3-4-6-13(12)16-14(18)19-15/h3-6H,2,7-11H2,1H3,(H,16,18). The topological polar surface area (TPSA) is 41.6 Å². The van der Waals surface area contributed by atoms with Crippen LogP contribution >= 0.6 is 0 Å². The molecule has 2 heterocycles. The Bertz CT molecular complexity index is 479. The largest absolute Gasteiger partial charge is 0.438 e. The monoisotopic (exact) mass is 260 g/mol. The van der Waals surface area contributed by atoms with Crippen LogP contribution in [0.15, 0.2) is 24.3 Å². The van der Waals surface area contributed by atoms with Crippen molar-refractivity contribution >= 4 is 11.8 Å². The molecular weight excluding hydrogens is 240 g/mol. The van der Waals surface area contributed by atoms with Crippen LogP contribution in [-0.4, -0.2) is 30.6 Å². The van der Waals surface area contributed by atoms with Crippen molar-refractivity contribution in [3.63, 3.8) is 0 Å². The molecule has 0 radical (unpaired) electrons. The van der Waals surface area contributed by atoms with Gasteiger partial charge in [-0.1, -0.05) is 25.1 Å². The summed E-state index contributed by atoms with van der Waals surface area (Å²) in [5.41, 5.74) is 1.62. The summed E-state index contributed by atoms with van der Waals surface area (Å²) in [6.45, 7) is 5.32. The van der Waals surface area contributed by atoms with Crippen LogP contribution in [0, 0.1) is 0 Å². The van der Waals surface area contributed by atoms with E-state index in [1.165, 1.54) is 6.42 Å². The minimum absolute atomic E-state index is 0.317. The molecule has 1 aromatic carbocycles. The number of hydrogen-bond donors (Lipinski definition) is 1. The van der Waals surface area contributed by atoms with Gasteiger partial charge in [-0.05, 0) is 19.0 Å². The van der Waals surface area contributed by atoms with E-state index in [1.54, 1.807) is 0 Å². The molecule has 1 spiro atoms. The van der Waals surface area contributed by atoms with E-state index in [0.29, 0.717) is 0 Å². The van der Waals surface area contributed by atoms with Gasteiger partial charge in [-0.2, -0.15) is 0 Å². The second-order valence-electron chi connectivity index (χ2n) is 5.40. The van der Waals surface area contributed by atoms with Crippen LogP contribution in [0.1, 0.15) is 31.7 Å². The molecule has 0 atom stereocenters. The number of anilines is 1. The molecule has 1 saturated heterocycles. The van der Waals surface area contributed by atoms with Gasteiger partial charge in [0.15, 0.2) is 0 Å². The minimum atomic E-state index is -0.414. The number of nitrogens with one attached hydrogen (secondary N) is 1. The number of fused-ring (bicyclic) bond motifs is 2. The van der Waals surface area contributed by atoms with Crippen molar-refractivity contribution in [3.8, 4) is 0 Å². The zero-order valence-electron chi connectivity index (χ0n) is 11.3. The first kappa shape index (κ1) is 12.5. The van der Waals surface area contributed by atoms with E-state index in [2.05, 4.69) is 23.2 Å². The predicted octanol–water partition coefficient (Wildman–Crippen LogP) is 2.95. The Morgan fingerprint density at radius 1 is 1.32 bits per heavy atom. The van der Waals surface area contributed by atoms with Crippen molar-refractivity contribution in [2.75, 3.05) is 25.0 Å². The van der Waals surface area contributed by atoms with Crippen LogP contribution in [0.2, 0.25) is 0 Å². The summed E-state index contributed by atoms with van der Waals surface area (Å²) in [6.07, 6.45) is 2.63. The quantitative estimate of drug-likeness (QED) is 0.889. The molecule has 0 aromatic heterocycles. The maximum atomic E-state index is 11.8. The first-order valence-electron chi connectivity index (χ1n) is 7.05. The highest BCUT2D eigenvalue weighted by Crippen LogP contribution is 2.43. The van der Waals surface area contributed by atoms with Gasteiger partial charge in [0.2, 0.25) is 0 Å². The van der Waals surface area contributed by atoms with Crippen molar-refractivity contribution in [3.05, 3.63) is 29.8 Å². The molecule has 2 aliphatic heterocycles. The van der Waals surface area contributed by atoms with Crippen molar-refractivity contribution < 1.29 is 9.53 Å². The van der Waals surface area contributed by atoms with Crippen molar-refractivity contribution in [1.82, 2.24) is 4.90 Å². The SMILES string of the molecule is CCCN1CCC2(CC1)OC(=O)Nc1ccccc12. The van der Waals surface area contributed by atoms with Gasteiger partial charge in [-0.15, -0.1) is 0 Å². The van der Waals surface area contributed by atoms with Crippen LogP contribution < -0.4 is 5.32 Å². The molecular formula is C15H20N2O2. The fourth-order valence-electron chi connectivity index (χ4n) is 3.18. The van der Waals surface area contributed by atoms with Crippen molar-refractivity contribution in [2.24, 2.45) is 0 Å². The maximum absolute atomic E-state index is 11.8. The third-order valence-corrected chi connectivity index (χ3v) is 4.15. The molecule has 3 rings (SSSR count). The number of benzene rings is 1. The number of amides is 1. The first-order valence-corrected chi connectivity index (χ1v) is 7.05. The highest BCUT2D eigenvalue weighted by molar-refractivity contribution is 5.88. The van der Waals surface area contributed by atoms with E-state index in [1.807, 2.05) is 18.2 Å². The van der Waals surface area contributed by atoms with Crippen LogP contribution in [0.5, 0.6) is 0 Å². The third kappa shape index (κ3) is 2.21. The summed E-state index contributed by atoms with van der Waals surface area (Å²) in [5, 5.41) is 2.79. The molecule has 0 saturated carbocycles. The van der Waals surface area contributed by atoms with Crippen LogP contribution in [0.25, 0.3) is 0 Å². The van der Waals surface area contributed by atoms with Crippen molar-refractivity contribution in [2.45, 2.75) is 31.8 Å². The smallest absolute Gasteiger partial charge is 0.412 e. The lowest BCUT2D eigenvalue weighted by Gasteiger charge is -2.44. The Balaban J connectivity index is 1.87. The maximum Gasteiger partial charge on any atom is 0.412 e. The number of ether oxygens (including phenoxy) is 1. The van der Waals surface area contributed by atoms with Crippen LogP contribution in [-0.2, 0) is 10.3 Å². The summed E-state index contributed by atoms with van der Waals surface area (Å²) in [7, 11) is 0. The van der Waals surface area contributed by atoms with Crippen LogP contribution in [0.4, 0.5) is 10.5 Å². The van der Waals surface area contributed by atoms with E-state index in [9.17, 15) is 4.79 Å². The average Bonchev–Trinajstić information content (AvgIpc) is 2.42. The number of rotatable bonds is 2. The summed E-state index contributed by atoms with van der Waals surface area (Å²) in [4.78, 5) is 14.2. The van der Waals surface area contributed by atoms with E-state index < -0.39 is 5.60 Å². The molecule has 0 unspecified atom stereocenters. The molecule has 4 heteroatoms. The number of nitrogens with zero attached hydrogens (tertiary/aromatic N) is 1. The highest BCUT2D eigenvalue weighted by atomic mass is 16.6. The second-order valence-corrected chi connectivity index (χ2v) is 5.40. The predicted molar refractivity (Wildman–Crippen MR) is 74.2 cm³/mol. The molecule has 1 N–H and O–H groups in total. The number of carbonyl (C=O) groups excluding carboxylic acids is 1. The summed E-state index contributed by atoms with van der Waals surface area (Å²) in [5.74, 6) is 0. The number of para-hydroxylation sites is 1. The minimum Gasteiger partial charge on any atom is -0.438 e. The molecule has 2 aliphatic rings. The third-order valence-electron chi connectivity index (χ3n) is 4.15. The molecule has 0 bridgehead atoms. The zero-order valence-corrected chi connectivity index (χ0v) is 11.3. The number of likely N-dealkylation sites (tertiary alicyclic amines) is 1. The Kier molecular flexibility index (Phi) is 3.19. The van der Waals surface area contributed by atoms with Gasteiger partial charge < -0.3 is 9.64 Å². The Morgan fingerprint density at radius 2 is 2.05 bits per heavy atom. The van der Waals surface area contributed by atoms with Gasteiger partial charge in [-0.25, -0.2) is 4.79 Å². The summed E-state index contributed by atoms with van der Waals surface area (Å²) >= 11 is 0. The van der Waals surface area contributed by atoms with Gasteiger partial charge in [-0.3, -0.25) is 5.32 Å². The first-order chi connectivity index (χ1) is 9.23. The normalized spacial score (nSPS) is 21.6. The fraction of sp³-hybridized carbons (Fsp3) is 0.533. The Morgan fingerprint density at radius 3 is 2.79 bits per heavy atom. The number of hydrogen-bond acceptors (Lipinski definition) is 3. The van der Waals surface area contributed by atoms with E-state index in [-0.39, 0.29) is 6.09 Å². The lowest BCUT2D eigenvalue weighted by atomic mass is 9.82. The van der Waals surface area contributed by atoms with Gasteiger partial charge in [0.25, 0.3) is 0 Å².